The second kappa shape index (κ2) is 5.09. The molecule has 1 saturated heterocycles. The molecule has 1 aliphatic carbocycles. The van der Waals surface area contributed by atoms with E-state index in [0.717, 1.165) is 12.6 Å². The molecule has 94 valence electrons. The summed E-state index contributed by atoms with van der Waals surface area (Å²) in [5, 5.41) is 6.06. The lowest BCUT2D eigenvalue weighted by Crippen LogP contribution is -2.37. The van der Waals surface area contributed by atoms with E-state index in [2.05, 4.69) is 28.7 Å². The van der Waals surface area contributed by atoms with Gasteiger partial charge in [-0.25, -0.2) is 0 Å². The SMILES string of the molecule is CN1CCCC1CNC1CCCc2sccc21. The number of thiophene rings is 1. The smallest absolute Gasteiger partial charge is 0.0332 e. The van der Waals surface area contributed by atoms with Crippen molar-refractivity contribution in [3.05, 3.63) is 21.9 Å². The van der Waals surface area contributed by atoms with E-state index in [4.69, 9.17) is 0 Å². The van der Waals surface area contributed by atoms with Gasteiger partial charge in [-0.1, -0.05) is 0 Å². The van der Waals surface area contributed by atoms with Crippen LogP contribution in [0.15, 0.2) is 11.4 Å². The quantitative estimate of drug-likeness (QED) is 0.887. The number of fused-ring (bicyclic) bond motifs is 1. The predicted octanol–water partition coefficient (Wildman–Crippen LogP) is 2.81. The average molecular weight is 250 g/mol. The van der Waals surface area contributed by atoms with Crippen LogP contribution in [-0.4, -0.2) is 31.1 Å². The fourth-order valence-corrected chi connectivity index (χ4v) is 4.20. The molecule has 1 aliphatic heterocycles. The van der Waals surface area contributed by atoms with Crippen molar-refractivity contribution in [2.75, 3.05) is 20.1 Å². The Morgan fingerprint density at radius 1 is 1.41 bits per heavy atom. The summed E-state index contributed by atoms with van der Waals surface area (Å²) in [4.78, 5) is 4.12. The highest BCUT2D eigenvalue weighted by Gasteiger charge is 2.24. The van der Waals surface area contributed by atoms with Crippen LogP contribution in [0, 0.1) is 0 Å². The molecule has 1 aromatic rings. The molecule has 1 fully saturated rings. The zero-order valence-corrected chi connectivity index (χ0v) is 11.4. The van der Waals surface area contributed by atoms with Crippen LogP contribution in [0.25, 0.3) is 0 Å². The fourth-order valence-electron chi connectivity index (χ4n) is 3.21. The van der Waals surface area contributed by atoms with Crippen LogP contribution < -0.4 is 5.32 Å². The molecule has 0 bridgehead atoms. The first-order valence-corrected chi connectivity index (χ1v) is 7.72. The van der Waals surface area contributed by atoms with E-state index >= 15 is 0 Å². The van der Waals surface area contributed by atoms with Crippen molar-refractivity contribution in [2.45, 2.75) is 44.2 Å². The lowest BCUT2D eigenvalue weighted by Gasteiger charge is -2.27. The Morgan fingerprint density at radius 3 is 3.18 bits per heavy atom. The second-order valence-electron chi connectivity index (χ2n) is 5.43. The first kappa shape index (κ1) is 11.7. The molecular weight excluding hydrogens is 228 g/mol. The van der Waals surface area contributed by atoms with Crippen molar-refractivity contribution < 1.29 is 0 Å². The Balaban J connectivity index is 1.60. The van der Waals surface area contributed by atoms with E-state index in [-0.39, 0.29) is 0 Å². The maximum Gasteiger partial charge on any atom is 0.0332 e. The first-order valence-electron chi connectivity index (χ1n) is 6.84. The van der Waals surface area contributed by atoms with Gasteiger partial charge in [-0.2, -0.15) is 0 Å². The van der Waals surface area contributed by atoms with Crippen molar-refractivity contribution in [1.82, 2.24) is 10.2 Å². The van der Waals surface area contributed by atoms with Crippen molar-refractivity contribution >= 4 is 11.3 Å². The second-order valence-corrected chi connectivity index (χ2v) is 6.43. The number of likely N-dealkylation sites (tertiary alicyclic amines) is 1. The molecular formula is C14H22N2S. The minimum Gasteiger partial charge on any atom is -0.308 e. The highest BCUT2D eigenvalue weighted by Crippen LogP contribution is 2.33. The van der Waals surface area contributed by atoms with E-state index in [9.17, 15) is 0 Å². The third-order valence-electron chi connectivity index (χ3n) is 4.32. The van der Waals surface area contributed by atoms with Gasteiger partial charge < -0.3 is 10.2 Å². The molecule has 0 spiro atoms. The van der Waals surface area contributed by atoms with Gasteiger partial charge in [0, 0.05) is 23.5 Å². The van der Waals surface area contributed by atoms with Crippen LogP contribution in [0.4, 0.5) is 0 Å². The van der Waals surface area contributed by atoms with Crippen LogP contribution in [0.1, 0.15) is 42.2 Å². The van der Waals surface area contributed by atoms with Gasteiger partial charge in [0.2, 0.25) is 0 Å². The lowest BCUT2D eigenvalue weighted by atomic mass is 9.94. The summed E-state index contributed by atoms with van der Waals surface area (Å²) >= 11 is 1.94. The van der Waals surface area contributed by atoms with Crippen molar-refractivity contribution in [3.63, 3.8) is 0 Å². The van der Waals surface area contributed by atoms with Crippen molar-refractivity contribution in [1.29, 1.82) is 0 Å². The predicted molar refractivity (Wildman–Crippen MR) is 73.7 cm³/mol. The molecule has 0 amide bonds. The summed E-state index contributed by atoms with van der Waals surface area (Å²) in [6.07, 6.45) is 6.71. The Morgan fingerprint density at radius 2 is 2.35 bits per heavy atom. The van der Waals surface area contributed by atoms with Gasteiger partial charge in [0.1, 0.15) is 0 Å². The van der Waals surface area contributed by atoms with Gasteiger partial charge in [-0.3, -0.25) is 0 Å². The highest BCUT2D eigenvalue weighted by molar-refractivity contribution is 7.10. The van der Waals surface area contributed by atoms with E-state index in [0.29, 0.717) is 6.04 Å². The van der Waals surface area contributed by atoms with E-state index in [1.165, 1.54) is 38.6 Å². The number of hydrogen-bond donors (Lipinski definition) is 1. The molecule has 17 heavy (non-hydrogen) atoms. The molecule has 3 heteroatoms. The maximum absolute atomic E-state index is 3.80. The Hall–Kier alpha value is -0.380. The first-order chi connectivity index (χ1) is 8.34. The third-order valence-corrected chi connectivity index (χ3v) is 5.32. The van der Waals surface area contributed by atoms with Gasteiger partial charge in [0.25, 0.3) is 0 Å². The molecule has 2 atom stereocenters. The number of aryl methyl sites for hydroxylation is 1. The summed E-state index contributed by atoms with van der Waals surface area (Å²) in [5.74, 6) is 0. The number of nitrogens with zero attached hydrogens (tertiary/aromatic N) is 1. The number of hydrogen-bond acceptors (Lipinski definition) is 3. The van der Waals surface area contributed by atoms with Crippen LogP contribution in [0.3, 0.4) is 0 Å². The molecule has 1 aromatic heterocycles. The minimum absolute atomic E-state index is 0.624. The Labute approximate surface area is 108 Å². The number of rotatable bonds is 3. The molecule has 1 N–H and O–H groups in total. The molecule has 2 nitrogen and oxygen atoms in total. The molecule has 0 radical (unpaired) electrons. The Kier molecular flexibility index (Phi) is 3.50. The van der Waals surface area contributed by atoms with Crippen molar-refractivity contribution in [2.24, 2.45) is 0 Å². The van der Waals surface area contributed by atoms with Gasteiger partial charge in [0.15, 0.2) is 0 Å². The van der Waals surface area contributed by atoms with Crippen LogP contribution >= 0.6 is 11.3 Å². The van der Waals surface area contributed by atoms with Gasteiger partial charge in [0.05, 0.1) is 0 Å². The van der Waals surface area contributed by atoms with Crippen LogP contribution in [-0.2, 0) is 6.42 Å². The largest absolute Gasteiger partial charge is 0.308 e. The van der Waals surface area contributed by atoms with E-state index < -0.39 is 0 Å². The maximum atomic E-state index is 3.80. The summed E-state index contributed by atoms with van der Waals surface area (Å²) in [7, 11) is 2.26. The highest BCUT2D eigenvalue weighted by atomic mass is 32.1. The fraction of sp³-hybridized carbons (Fsp3) is 0.714. The lowest BCUT2D eigenvalue weighted by molar-refractivity contribution is 0.287. The van der Waals surface area contributed by atoms with Crippen molar-refractivity contribution in [3.8, 4) is 0 Å². The number of likely N-dealkylation sites (N-methyl/N-ethyl adjacent to an activating group) is 1. The molecule has 2 heterocycles. The summed E-state index contributed by atoms with van der Waals surface area (Å²) in [5.41, 5.74) is 1.59. The molecule has 3 rings (SSSR count). The normalized spacial score (nSPS) is 29.5. The van der Waals surface area contributed by atoms with Gasteiger partial charge in [-0.05, 0) is 62.7 Å². The van der Waals surface area contributed by atoms with E-state index in [1.807, 2.05) is 11.3 Å². The van der Waals surface area contributed by atoms with Gasteiger partial charge >= 0.3 is 0 Å². The van der Waals surface area contributed by atoms with Crippen LogP contribution in [0.2, 0.25) is 0 Å². The summed E-state index contributed by atoms with van der Waals surface area (Å²) in [6, 6.07) is 3.72. The van der Waals surface area contributed by atoms with Crippen LogP contribution in [0.5, 0.6) is 0 Å². The zero-order chi connectivity index (χ0) is 11.7. The third kappa shape index (κ3) is 2.42. The summed E-state index contributed by atoms with van der Waals surface area (Å²) in [6.45, 7) is 2.44. The molecule has 2 aliphatic rings. The average Bonchev–Trinajstić information content (AvgIpc) is 2.95. The zero-order valence-electron chi connectivity index (χ0n) is 10.6. The molecule has 0 aromatic carbocycles. The summed E-state index contributed by atoms with van der Waals surface area (Å²) < 4.78 is 0. The Bertz CT molecular complexity index is 374. The molecule has 2 unspecified atom stereocenters. The standard InChI is InChI=1S/C14H22N2S/c1-16-8-3-4-11(16)10-15-13-5-2-6-14-12(13)7-9-17-14/h7,9,11,13,15H,2-6,8,10H2,1H3. The number of nitrogens with one attached hydrogen (secondary N) is 1. The topological polar surface area (TPSA) is 15.3 Å². The van der Waals surface area contributed by atoms with Gasteiger partial charge in [-0.15, -0.1) is 11.3 Å². The minimum atomic E-state index is 0.624. The van der Waals surface area contributed by atoms with E-state index in [1.54, 1.807) is 10.4 Å². The molecule has 0 saturated carbocycles. The monoisotopic (exact) mass is 250 g/mol.